The van der Waals surface area contributed by atoms with Crippen LogP contribution in [0, 0.1) is 0 Å². The fourth-order valence-electron chi connectivity index (χ4n) is 2.47. The van der Waals surface area contributed by atoms with Gasteiger partial charge in [0, 0.05) is 18.5 Å². The number of hydrogen-bond acceptors (Lipinski definition) is 5. The summed E-state index contributed by atoms with van der Waals surface area (Å²) in [7, 11) is -1.68. The SMILES string of the molecule is CCC(CS(=O)(=O)c1ccccc1)NC(=NC)NCc1nc(C(C)C)cs1. The molecule has 6 nitrogen and oxygen atoms in total. The highest BCUT2D eigenvalue weighted by Crippen LogP contribution is 2.17. The van der Waals surface area contributed by atoms with Crippen LogP contribution in [0.4, 0.5) is 0 Å². The van der Waals surface area contributed by atoms with Crippen LogP contribution in [0.1, 0.15) is 43.8 Å². The van der Waals surface area contributed by atoms with E-state index in [1.54, 1.807) is 42.6 Å². The van der Waals surface area contributed by atoms with Gasteiger partial charge in [0.05, 0.1) is 22.9 Å². The molecule has 1 unspecified atom stereocenters. The molecule has 0 spiro atoms. The van der Waals surface area contributed by atoms with Gasteiger partial charge in [0.1, 0.15) is 5.01 Å². The molecule has 1 heterocycles. The summed E-state index contributed by atoms with van der Waals surface area (Å²) in [6.07, 6.45) is 0.668. The first kappa shape index (κ1) is 21.4. The molecule has 0 fully saturated rings. The molecule has 1 aromatic heterocycles. The second kappa shape index (κ2) is 9.85. The van der Waals surface area contributed by atoms with Crippen LogP contribution < -0.4 is 10.6 Å². The lowest BCUT2D eigenvalue weighted by Gasteiger charge is -2.20. The Morgan fingerprint density at radius 1 is 1.26 bits per heavy atom. The molecule has 0 saturated carbocycles. The van der Waals surface area contributed by atoms with Crippen molar-refractivity contribution >= 4 is 27.1 Å². The molecular formula is C19H28N4O2S2. The molecule has 0 radical (unpaired) electrons. The topological polar surface area (TPSA) is 83.5 Å². The molecule has 0 aliphatic carbocycles. The number of benzene rings is 1. The van der Waals surface area contributed by atoms with E-state index in [1.807, 2.05) is 13.0 Å². The Bertz CT molecular complexity index is 846. The Morgan fingerprint density at radius 2 is 1.96 bits per heavy atom. The number of aliphatic imine (C=N–C) groups is 1. The molecule has 0 bridgehead atoms. The summed E-state index contributed by atoms with van der Waals surface area (Å²) in [5.74, 6) is 0.995. The minimum absolute atomic E-state index is 0.0168. The molecule has 0 aliphatic rings. The van der Waals surface area contributed by atoms with Gasteiger partial charge >= 0.3 is 0 Å². The maximum Gasteiger partial charge on any atom is 0.191 e. The van der Waals surface area contributed by atoms with Gasteiger partial charge in [-0.15, -0.1) is 11.3 Å². The molecule has 2 N–H and O–H groups in total. The number of nitrogens with zero attached hydrogens (tertiary/aromatic N) is 2. The first-order chi connectivity index (χ1) is 12.9. The van der Waals surface area contributed by atoms with Gasteiger partial charge in [0.2, 0.25) is 0 Å². The summed E-state index contributed by atoms with van der Waals surface area (Å²) in [4.78, 5) is 9.15. The van der Waals surface area contributed by atoms with Crippen LogP contribution >= 0.6 is 11.3 Å². The van der Waals surface area contributed by atoms with Crippen LogP contribution in [0.2, 0.25) is 0 Å². The zero-order valence-electron chi connectivity index (χ0n) is 16.3. The van der Waals surface area contributed by atoms with E-state index in [0.717, 1.165) is 10.7 Å². The first-order valence-corrected chi connectivity index (χ1v) is 11.6. The van der Waals surface area contributed by atoms with Crippen LogP contribution in [0.3, 0.4) is 0 Å². The zero-order valence-corrected chi connectivity index (χ0v) is 17.9. The van der Waals surface area contributed by atoms with Crippen LogP contribution in [0.5, 0.6) is 0 Å². The number of guanidine groups is 1. The van der Waals surface area contributed by atoms with E-state index in [0.29, 0.717) is 29.7 Å². The van der Waals surface area contributed by atoms with Crippen molar-refractivity contribution in [1.82, 2.24) is 15.6 Å². The summed E-state index contributed by atoms with van der Waals surface area (Å²) >= 11 is 1.61. The average Bonchev–Trinajstić information content (AvgIpc) is 3.14. The first-order valence-electron chi connectivity index (χ1n) is 9.05. The Kier molecular flexibility index (Phi) is 7.79. The van der Waals surface area contributed by atoms with E-state index in [2.05, 4.69) is 39.8 Å². The van der Waals surface area contributed by atoms with Crippen molar-refractivity contribution in [3.63, 3.8) is 0 Å². The fourth-order valence-corrected chi connectivity index (χ4v) is 4.98. The van der Waals surface area contributed by atoms with Gasteiger partial charge in [-0.2, -0.15) is 0 Å². The fraction of sp³-hybridized carbons (Fsp3) is 0.474. The maximum absolute atomic E-state index is 12.6. The number of thiazole rings is 1. The van der Waals surface area contributed by atoms with Crippen molar-refractivity contribution in [2.75, 3.05) is 12.8 Å². The molecular weight excluding hydrogens is 380 g/mol. The molecule has 0 saturated heterocycles. The molecule has 27 heavy (non-hydrogen) atoms. The normalized spacial score (nSPS) is 13.6. The van der Waals surface area contributed by atoms with Gasteiger partial charge < -0.3 is 10.6 Å². The quantitative estimate of drug-likeness (QED) is 0.518. The van der Waals surface area contributed by atoms with E-state index >= 15 is 0 Å². The number of sulfone groups is 1. The van der Waals surface area contributed by atoms with Gasteiger partial charge in [-0.05, 0) is 24.5 Å². The largest absolute Gasteiger partial charge is 0.353 e. The lowest BCUT2D eigenvalue weighted by Crippen LogP contribution is -2.45. The molecule has 148 valence electrons. The average molecular weight is 409 g/mol. The highest BCUT2D eigenvalue weighted by molar-refractivity contribution is 7.91. The lowest BCUT2D eigenvalue weighted by molar-refractivity contribution is 0.568. The minimum Gasteiger partial charge on any atom is -0.353 e. The van der Waals surface area contributed by atoms with Gasteiger partial charge in [-0.1, -0.05) is 39.0 Å². The van der Waals surface area contributed by atoms with Crippen molar-refractivity contribution in [3.8, 4) is 0 Å². The standard InChI is InChI=1S/C19H28N4O2S2/c1-5-15(13-27(24,25)16-9-7-6-8-10-16)22-19(20-4)21-11-18-23-17(12-26-18)14(2)3/h6-10,12,14-15H,5,11,13H2,1-4H3,(H2,20,21,22). The second-order valence-corrected chi connectivity index (χ2v) is 9.57. The van der Waals surface area contributed by atoms with Crippen molar-refractivity contribution < 1.29 is 8.42 Å². The zero-order chi connectivity index (χ0) is 19.9. The lowest BCUT2D eigenvalue weighted by atomic mass is 10.2. The van der Waals surface area contributed by atoms with Crippen molar-refractivity contribution in [1.29, 1.82) is 0 Å². The molecule has 8 heteroatoms. The summed E-state index contributed by atoms with van der Waals surface area (Å²) in [6, 6.07) is 8.31. The molecule has 0 amide bonds. The Labute approximate surface area is 166 Å². The molecule has 2 rings (SSSR count). The molecule has 1 aromatic carbocycles. The second-order valence-electron chi connectivity index (χ2n) is 6.59. The molecule has 1 atom stereocenters. The van der Waals surface area contributed by atoms with E-state index in [1.165, 1.54) is 0 Å². The highest BCUT2D eigenvalue weighted by atomic mass is 32.2. The third-order valence-corrected chi connectivity index (χ3v) is 6.85. The summed E-state index contributed by atoms with van der Waals surface area (Å²) in [5.41, 5.74) is 1.08. The number of hydrogen-bond donors (Lipinski definition) is 2. The predicted octanol–water partition coefficient (Wildman–Crippen LogP) is 3.18. The van der Waals surface area contributed by atoms with Gasteiger partial charge in [0.25, 0.3) is 0 Å². The van der Waals surface area contributed by atoms with E-state index < -0.39 is 9.84 Å². The van der Waals surface area contributed by atoms with Gasteiger partial charge in [0.15, 0.2) is 15.8 Å². The summed E-state index contributed by atoms with van der Waals surface area (Å²) < 4.78 is 25.2. The van der Waals surface area contributed by atoms with Gasteiger partial charge in [-0.3, -0.25) is 4.99 Å². The van der Waals surface area contributed by atoms with Crippen LogP contribution in [-0.4, -0.2) is 38.2 Å². The highest BCUT2D eigenvalue weighted by Gasteiger charge is 2.21. The Balaban J connectivity index is 1.96. The number of rotatable bonds is 8. The summed E-state index contributed by atoms with van der Waals surface area (Å²) in [5, 5.41) is 9.48. The third-order valence-electron chi connectivity index (χ3n) is 4.15. The maximum atomic E-state index is 12.6. The van der Waals surface area contributed by atoms with Crippen molar-refractivity contribution in [3.05, 3.63) is 46.4 Å². The van der Waals surface area contributed by atoms with E-state index in [9.17, 15) is 8.42 Å². The van der Waals surface area contributed by atoms with Gasteiger partial charge in [-0.25, -0.2) is 13.4 Å². The third kappa shape index (κ3) is 6.32. The predicted molar refractivity (Wildman–Crippen MR) is 112 cm³/mol. The van der Waals surface area contributed by atoms with Crippen LogP contribution in [-0.2, 0) is 16.4 Å². The van der Waals surface area contributed by atoms with E-state index in [4.69, 9.17) is 0 Å². The Morgan fingerprint density at radius 3 is 2.52 bits per heavy atom. The Hall–Kier alpha value is -1.93. The van der Waals surface area contributed by atoms with Crippen LogP contribution in [0.15, 0.2) is 45.6 Å². The van der Waals surface area contributed by atoms with Crippen LogP contribution in [0.25, 0.3) is 0 Å². The number of aromatic nitrogens is 1. The van der Waals surface area contributed by atoms with E-state index in [-0.39, 0.29) is 11.8 Å². The van der Waals surface area contributed by atoms with Crippen molar-refractivity contribution in [2.24, 2.45) is 4.99 Å². The monoisotopic (exact) mass is 408 g/mol. The summed E-state index contributed by atoms with van der Waals surface area (Å²) in [6.45, 7) is 6.75. The number of nitrogens with one attached hydrogen (secondary N) is 2. The molecule has 2 aromatic rings. The smallest absolute Gasteiger partial charge is 0.191 e. The minimum atomic E-state index is -3.35. The molecule has 0 aliphatic heterocycles. The van der Waals surface area contributed by atoms with Crippen molar-refractivity contribution in [2.45, 2.75) is 50.6 Å².